The van der Waals surface area contributed by atoms with Crippen LogP contribution in [0.4, 0.5) is 0 Å². The SMILES string of the molecule is CCNC(=NCCCCn1ccnc1C)N1CCN(S(=O)(=O)CCOC(C)C)CC1. The number of hydrogen-bond acceptors (Lipinski definition) is 5. The number of nitrogens with zero attached hydrogens (tertiary/aromatic N) is 5. The van der Waals surface area contributed by atoms with Gasteiger partial charge >= 0.3 is 0 Å². The fourth-order valence-electron chi connectivity index (χ4n) is 3.34. The lowest BCUT2D eigenvalue weighted by Crippen LogP contribution is -2.54. The molecule has 0 atom stereocenters. The standard InChI is InChI=1S/C20H38N6O3S/c1-5-21-20(23-8-6-7-10-24-11-9-22-19(24)4)25-12-14-26(15-13-25)30(27,28)17-16-29-18(2)3/h9,11,18H,5-8,10,12-17H2,1-4H3,(H,21,23). The van der Waals surface area contributed by atoms with E-state index >= 15 is 0 Å². The van der Waals surface area contributed by atoms with E-state index in [2.05, 4.69) is 19.8 Å². The average Bonchev–Trinajstić information content (AvgIpc) is 3.11. The second kappa shape index (κ2) is 12.3. The van der Waals surface area contributed by atoms with Crippen LogP contribution in [-0.2, 0) is 21.3 Å². The highest BCUT2D eigenvalue weighted by Gasteiger charge is 2.27. The Morgan fingerprint density at radius 1 is 1.27 bits per heavy atom. The Balaban J connectivity index is 1.78. The molecule has 1 saturated heterocycles. The Bertz CT molecular complexity index is 754. The number of hydrogen-bond donors (Lipinski definition) is 1. The van der Waals surface area contributed by atoms with E-state index in [4.69, 9.17) is 9.73 Å². The highest BCUT2D eigenvalue weighted by atomic mass is 32.2. The summed E-state index contributed by atoms with van der Waals surface area (Å²) in [6.07, 6.45) is 5.92. The van der Waals surface area contributed by atoms with Crippen molar-refractivity contribution in [3.05, 3.63) is 18.2 Å². The van der Waals surface area contributed by atoms with Crippen molar-refractivity contribution in [2.45, 2.75) is 53.2 Å². The van der Waals surface area contributed by atoms with E-state index < -0.39 is 10.0 Å². The summed E-state index contributed by atoms with van der Waals surface area (Å²) in [5.74, 6) is 1.95. The van der Waals surface area contributed by atoms with Crippen molar-refractivity contribution >= 4 is 16.0 Å². The summed E-state index contributed by atoms with van der Waals surface area (Å²) in [6.45, 7) is 12.9. The predicted octanol–water partition coefficient (Wildman–Crippen LogP) is 1.31. The minimum absolute atomic E-state index is 0.0374. The third-order valence-electron chi connectivity index (χ3n) is 5.05. The van der Waals surface area contributed by atoms with Crippen molar-refractivity contribution in [1.82, 2.24) is 24.1 Å². The number of piperazine rings is 1. The number of rotatable bonds is 11. The lowest BCUT2D eigenvalue weighted by molar-refractivity contribution is 0.0904. The van der Waals surface area contributed by atoms with Crippen LogP contribution in [0.15, 0.2) is 17.4 Å². The summed E-state index contributed by atoms with van der Waals surface area (Å²) >= 11 is 0. The topological polar surface area (TPSA) is 92.1 Å². The van der Waals surface area contributed by atoms with Crippen LogP contribution in [0, 0.1) is 6.92 Å². The highest BCUT2D eigenvalue weighted by Crippen LogP contribution is 2.09. The Labute approximate surface area is 181 Å². The second-order valence-corrected chi connectivity index (χ2v) is 9.82. The molecule has 30 heavy (non-hydrogen) atoms. The van der Waals surface area contributed by atoms with Gasteiger partial charge in [0.05, 0.1) is 18.5 Å². The Morgan fingerprint density at radius 2 is 2.00 bits per heavy atom. The number of imidazole rings is 1. The molecule has 1 aliphatic rings. The van der Waals surface area contributed by atoms with Crippen LogP contribution in [0.2, 0.25) is 0 Å². The maximum atomic E-state index is 12.5. The first kappa shape index (κ1) is 24.6. The molecule has 0 radical (unpaired) electrons. The molecule has 1 aromatic rings. The highest BCUT2D eigenvalue weighted by molar-refractivity contribution is 7.89. The molecule has 0 aliphatic carbocycles. The van der Waals surface area contributed by atoms with Gasteiger partial charge in [-0.3, -0.25) is 4.99 Å². The summed E-state index contributed by atoms with van der Waals surface area (Å²) in [7, 11) is -3.28. The van der Waals surface area contributed by atoms with Crippen LogP contribution in [0.3, 0.4) is 0 Å². The van der Waals surface area contributed by atoms with Gasteiger partial charge in [0, 0.05) is 58.2 Å². The van der Waals surface area contributed by atoms with E-state index in [9.17, 15) is 8.42 Å². The van der Waals surface area contributed by atoms with Crippen LogP contribution in [0.1, 0.15) is 39.4 Å². The Morgan fingerprint density at radius 3 is 2.60 bits per heavy atom. The molecular weight excluding hydrogens is 404 g/mol. The molecule has 1 fully saturated rings. The largest absolute Gasteiger partial charge is 0.378 e. The maximum Gasteiger partial charge on any atom is 0.216 e. The summed E-state index contributed by atoms with van der Waals surface area (Å²) in [4.78, 5) is 11.1. The van der Waals surface area contributed by atoms with Gasteiger partial charge in [-0.2, -0.15) is 4.31 Å². The van der Waals surface area contributed by atoms with Crippen LogP contribution >= 0.6 is 0 Å². The summed E-state index contributed by atoms with van der Waals surface area (Å²) in [5.41, 5.74) is 0. The van der Waals surface area contributed by atoms with Crippen molar-refractivity contribution in [3.63, 3.8) is 0 Å². The van der Waals surface area contributed by atoms with E-state index in [1.165, 1.54) is 0 Å². The average molecular weight is 443 g/mol. The van der Waals surface area contributed by atoms with Crippen LogP contribution in [-0.4, -0.2) is 90.9 Å². The maximum absolute atomic E-state index is 12.5. The molecule has 10 heteroatoms. The third kappa shape index (κ3) is 7.88. The summed E-state index contributed by atoms with van der Waals surface area (Å²) in [6, 6.07) is 0. The molecule has 1 aromatic heterocycles. The number of nitrogens with one attached hydrogen (secondary N) is 1. The van der Waals surface area contributed by atoms with Crippen molar-refractivity contribution in [2.24, 2.45) is 4.99 Å². The van der Waals surface area contributed by atoms with E-state index in [1.807, 2.05) is 40.1 Å². The zero-order valence-corrected chi connectivity index (χ0v) is 19.7. The molecule has 172 valence electrons. The molecule has 0 bridgehead atoms. The monoisotopic (exact) mass is 442 g/mol. The number of aryl methyl sites for hydroxylation is 2. The van der Waals surface area contributed by atoms with Gasteiger partial charge in [-0.05, 0) is 40.5 Å². The molecule has 1 aliphatic heterocycles. The van der Waals surface area contributed by atoms with Gasteiger partial charge in [0.25, 0.3) is 0 Å². The van der Waals surface area contributed by atoms with Gasteiger partial charge in [0.15, 0.2) is 5.96 Å². The molecule has 1 N–H and O–H groups in total. The van der Waals surface area contributed by atoms with Gasteiger partial charge in [0.1, 0.15) is 5.82 Å². The zero-order valence-electron chi connectivity index (χ0n) is 18.9. The molecule has 0 spiro atoms. The Kier molecular flexibility index (Phi) is 10.1. The van der Waals surface area contributed by atoms with Crippen LogP contribution in [0.5, 0.6) is 0 Å². The van der Waals surface area contributed by atoms with E-state index in [-0.39, 0.29) is 18.5 Å². The van der Waals surface area contributed by atoms with Crippen molar-refractivity contribution in [1.29, 1.82) is 0 Å². The van der Waals surface area contributed by atoms with Crippen molar-refractivity contribution < 1.29 is 13.2 Å². The fourth-order valence-corrected chi connectivity index (χ4v) is 4.63. The molecule has 0 unspecified atom stereocenters. The number of sulfonamides is 1. The predicted molar refractivity (Wildman–Crippen MR) is 120 cm³/mol. The van der Waals surface area contributed by atoms with Crippen molar-refractivity contribution in [2.75, 3.05) is 51.6 Å². The molecule has 2 heterocycles. The Hall–Kier alpha value is -1.65. The number of guanidine groups is 1. The lowest BCUT2D eigenvalue weighted by atomic mass is 10.3. The van der Waals surface area contributed by atoms with E-state index in [1.54, 1.807) is 4.31 Å². The molecule has 0 aromatic carbocycles. The molecule has 9 nitrogen and oxygen atoms in total. The van der Waals surface area contributed by atoms with Gasteiger partial charge in [-0.25, -0.2) is 13.4 Å². The van der Waals surface area contributed by atoms with E-state index in [0.717, 1.165) is 44.3 Å². The minimum Gasteiger partial charge on any atom is -0.378 e. The number of unbranched alkanes of at least 4 members (excludes halogenated alkanes) is 1. The normalized spacial score (nSPS) is 16.4. The fraction of sp³-hybridized carbons (Fsp3) is 0.800. The van der Waals surface area contributed by atoms with Gasteiger partial charge in [-0.15, -0.1) is 0 Å². The smallest absolute Gasteiger partial charge is 0.216 e. The molecule has 2 rings (SSSR count). The first-order valence-corrected chi connectivity index (χ1v) is 12.5. The minimum atomic E-state index is -3.28. The zero-order chi connectivity index (χ0) is 22.0. The van der Waals surface area contributed by atoms with Crippen LogP contribution in [0.25, 0.3) is 0 Å². The van der Waals surface area contributed by atoms with Gasteiger partial charge < -0.3 is 19.5 Å². The van der Waals surface area contributed by atoms with Crippen molar-refractivity contribution in [3.8, 4) is 0 Å². The third-order valence-corrected chi connectivity index (χ3v) is 6.89. The van der Waals surface area contributed by atoms with Gasteiger partial charge in [-0.1, -0.05) is 0 Å². The number of aromatic nitrogens is 2. The summed E-state index contributed by atoms with van der Waals surface area (Å²) < 4.78 is 34.2. The van der Waals surface area contributed by atoms with Gasteiger partial charge in [0.2, 0.25) is 10.0 Å². The van der Waals surface area contributed by atoms with E-state index in [0.29, 0.717) is 26.2 Å². The first-order chi connectivity index (χ1) is 14.3. The summed E-state index contributed by atoms with van der Waals surface area (Å²) in [5, 5.41) is 3.34. The quantitative estimate of drug-likeness (QED) is 0.316. The van der Waals surface area contributed by atoms with Crippen LogP contribution < -0.4 is 5.32 Å². The second-order valence-electron chi connectivity index (χ2n) is 7.73. The number of ether oxygens (including phenoxy) is 1. The number of aliphatic imine (C=N–C) groups is 1. The first-order valence-electron chi connectivity index (χ1n) is 10.9. The molecule has 0 amide bonds. The lowest BCUT2D eigenvalue weighted by Gasteiger charge is -2.36. The molecular formula is C20H38N6O3S. The molecule has 0 saturated carbocycles.